The summed E-state index contributed by atoms with van der Waals surface area (Å²) in [4.78, 5) is 34.5. The van der Waals surface area contributed by atoms with Crippen molar-refractivity contribution in [3.63, 3.8) is 0 Å². The first-order chi connectivity index (χ1) is 12.4. The number of rotatable bonds is 5. The predicted octanol–water partition coefficient (Wildman–Crippen LogP) is 1.41. The lowest BCUT2D eigenvalue weighted by molar-refractivity contribution is -0.140. The van der Waals surface area contributed by atoms with Crippen molar-refractivity contribution < 1.29 is 9.59 Å². The van der Waals surface area contributed by atoms with Gasteiger partial charge in [-0.1, -0.05) is 0 Å². The van der Waals surface area contributed by atoms with E-state index >= 15 is 0 Å². The molecule has 1 unspecified atom stereocenters. The number of nitrogens with zero attached hydrogens (tertiary/aromatic N) is 5. The first kappa shape index (κ1) is 18.0. The van der Waals surface area contributed by atoms with E-state index in [4.69, 9.17) is 0 Å². The van der Waals surface area contributed by atoms with E-state index in [0.29, 0.717) is 13.1 Å². The molecule has 1 saturated heterocycles. The van der Waals surface area contributed by atoms with Gasteiger partial charge in [-0.15, -0.1) is 0 Å². The van der Waals surface area contributed by atoms with E-state index in [0.717, 1.165) is 24.1 Å². The summed E-state index contributed by atoms with van der Waals surface area (Å²) in [5.41, 5.74) is 1.03. The summed E-state index contributed by atoms with van der Waals surface area (Å²) in [5, 5.41) is 6.90. The van der Waals surface area contributed by atoms with Crippen molar-refractivity contribution in [2.24, 2.45) is 0 Å². The highest BCUT2D eigenvalue weighted by atomic mass is 16.2. The van der Waals surface area contributed by atoms with Gasteiger partial charge in [0, 0.05) is 19.7 Å². The molecule has 1 fully saturated rings. The highest BCUT2D eigenvalue weighted by Crippen LogP contribution is 2.35. The molecule has 2 aromatic heterocycles. The Balaban J connectivity index is 1.81. The third kappa shape index (κ3) is 3.58. The Kier molecular flexibility index (Phi) is 5.01. The standard InChI is InChI=1S/C18H24N6O2/c1-13(25)21-10-15-9-14(6-7-20-15)16-5-4-8-23(16)17(26)18(2,3)24-12-19-11-22-24/h6-7,9,11-12,16H,4-5,8,10H2,1-3H3,(H,21,25). The fourth-order valence-corrected chi connectivity index (χ4v) is 3.32. The second kappa shape index (κ2) is 7.23. The second-order valence-corrected chi connectivity index (χ2v) is 7.05. The molecule has 1 atom stereocenters. The van der Waals surface area contributed by atoms with Gasteiger partial charge in [-0.25, -0.2) is 9.67 Å². The van der Waals surface area contributed by atoms with E-state index in [9.17, 15) is 9.59 Å². The van der Waals surface area contributed by atoms with Gasteiger partial charge in [0.15, 0.2) is 0 Å². The Bertz CT molecular complexity index is 787. The third-order valence-electron chi connectivity index (χ3n) is 4.77. The topological polar surface area (TPSA) is 93.0 Å². The second-order valence-electron chi connectivity index (χ2n) is 7.05. The summed E-state index contributed by atoms with van der Waals surface area (Å²) in [7, 11) is 0. The lowest BCUT2D eigenvalue weighted by Crippen LogP contribution is -2.47. The lowest BCUT2D eigenvalue weighted by atomic mass is 10.0. The van der Waals surface area contributed by atoms with Crippen molar-refractivity contribution in [2.75, 3.05) is 6.54 Å². The molecule has 0 bridgehead atoms. The quantitative estimate of drug-likeness (QED) is 0.874. The molecular weight excluding hydrogens is 332 g/mol. The first-order valence-electron chi connectivity index (χ1n) is 8.75. The first-order valence-corrected chi connectivity index (χ1v) is 8.75. The third-order valence-corrected chi connectivity index (χ3v) is 4.77. The van der Waals surface area contributed by atoms with Gasteiger partial charge in [0.25, 0.3) is 5.91 Å². The van der Waals surface area contributed by atoms with E-state index < -0.39 is 5.54 Å². The zero-order valence-corrected chi connectivity index (χ0v) is 15.3. The van der Waals surface area contributed by atoms with Crippen LogP contribution in [0.25, 0.3) is 0 Å². The number of carbonyl (C=O) groups excluding carboxylic acids is 2. The molecule has 1 N–H and O–H groups in total. The van der Waals surface area contributed by atoms with Crippen LogP contribution >= 0.6 is 0 Å². The molecule has 8 nitrogen and oxygen atoms in total. The highest BCUT2D eigenvalue weighted by molar-refractivity contribution is 5.84. The van der Waals surface area contributed by atoms with Crippen molar-refractivity contribution in [3.05, 3.63) is 42.2 Å². The fraction of sp³-hybridized carbons (Fsp3) is 0.500. The average molecular weight is 356 g/mol. The number of pyridine rings is 1. The number of hydrogen-bond donors (Lipinski definition) is 1. The van der Waals surface area contributed by atoms with Crippen molar-refractivity contribution in [1.29, 1.82) is 0 Å². The monoisotopic (exact) mass is 356 g/mol. The van der Waals surface area contributed by atoms with E-state index in [1.165, 1.54) is 13.3 Å². The summed E-state index contributed by atoms with van der Waals surface area (Å²) >= 11 is 0. The van der Waals surface area contributed by atoms with Crippen LogP contribution in [0.5, 0.6) is 0 Å². The largest absolute Gasteiger partial charge is 0.351 e. The van der Waals surface area contributed by atoms with Gasteiger partial charge in [-0.05, 0) is 44.4 Å². The maximum absolute atomic E-state index is 13.2. The van der Waals surface area contributed by atoms with E-state index in [1.54, 1.807) is 17.2 Å². The van der Waals surface area contributed by atoms with Crippen LogP contribution in [-0.4, -0.2) is 43.0 Å². The molecule has 0 aromatic carbocycles. The minimum atomic E-state index is -0.800. The maximum Gasteiger partial charge on any atom is 0.250 e. The summed E-state index contributed by atoms with van der Waals surface area (Å²) in [6.07, 6.45) is 6.60. The van der Waals surface area contributed by atoms with Gasteiger partial charge in [0.1, 0.15) is 18.2 Å². The zero-order chi connectivity index (χ0) is 18.7. The number of likely N-dealkylation sites (tertiary alicyclic amines) is 1. The molecular formula is C18H24N6O2. The number of aromatic nitrogens is 4. The molecule has 0 radical (unpaired) electrons. The average Bonchev–Trinajstić information content (AvgIpc) is 3.31. The highest BCUT2D eigenvalue weighted by Gasteiger charge is 2.40. The molecule has 0 spiro atoms. The van der Waals surface area contributed by atoms with Crippen LogP contribution in [-0.2, 0) is 21.7 Å². The van der Waals surface area contributed by atoms with Crippen LogP contribution < -0.4 is 5.32 Å². The van der Waals surface area contributed by atoms with Crippen LogP contribution in [0.15, 0.2) is 31.0 Å². The lowest BCUT2D eigenvalue weighted by Gasteiger charge is -2.33. The Morgan fingerprint density at radius 1 is 1.38 bits per heavy atom. The molecule has 138 valence electrons. The molecule has 26 heavy (non-hydrogen) atoms. The van der Waals surface area contributed by atoms with Crippen LogP contribution in [0, 0.1) is 0 Å². The van der Waals surface area contributed by atoms with Gasteiger partial charge in [0.05, 0.1) is 18.3 Å². The van der Waals surface area contributed by atoms with Gasteiger partial charge in [-0.2, -0.15) is 5.10 Å². The van der Waals surface area contributed by atoms with Gasteiger partial charge in [-0.3, -0.25) is 14.6 Å². The Labute approximate surface area is 152 Å². The maximum atomic E-state index is 13.2. The molecule has 2 amide bonds. The van der Waals surface area contributed by atoms with Crippen molar-refractivity contribution in [3.8, 4) is 0 Å². The van der Waals surface area contributed by atoms with Crippen molar-refractivity contribution in [1.82, 2.24) is 30.0 Å². The normalized spacial score (nSPS) is 17.3. The van der Waals surface area contributed by atoms with Gasteiger partial charge < -0.3 is 10.2 Å². The van der Waals surface area contributed by atoms with Gasteiger partial charge >= 0.3 is 0 Å². The number of carbonyl (C=O) groups is 2. The van der Waals surface area contributed by atoms with Crippen LogP contribution in [0.4, 0.5) is 0 Å². The number of nitrogens with one attached hydrogen (secondary N) is 1. The molecule has 3 heterocycles. The summed E-state index contributed by atoms with van der Waals surface area (Å²) in [6.45, 7) is 6.29. The van der Waals surface area contributed by atoms with Crippen LogP contribution in [0.3, 0.4) is 0 Å². The Morgan fingerprint density at radius 3 is 2.88 bits per heavy atom. The fourth-order valence-electron chi connectivity index (χ4n) is 3.32. The molecule has 0 saturated carbocycles. The molecule has 8 heteroatoms. The van der Waals surface area contributed by atoms with Crippen LogP contribution in [0.1, 0.15) is 50.9 Å². The molecule has 0 aliphatic carbocycles. The molecule has 2 aromatic rings. The minimum Gasteiger partial charge on any atom is -0.351 e. The molecule has 1 aliphatic heterocycles. The molecule has 1 aliphatic rings. The Hall–Kier alpha value is -2.77. The Morgan fingerprint density at radius 2 is 2.19 bits per heavy atom. The van der Waals surface area contributed by atoms with Crippen LogP contribution in [0.2, 0.25) is 0 Å². The SMILES string of the molecule is CC(=O)NCc1cc(C2CCCN2C(=O)C(C)(C)n2cncn2)ccn1. The van der Waals surface area contributed by atoms with Gasteiger partial charge in [0.2, 0.25) is 5.91 Å². The summed E-state index contributed by atoms with van der Waals surface area (Å²) in [5.74, 6) is -0.0739. The van der Waals surface area contributed by atoms with E-state index in [2.05, 4.69) is 20.4 Å². The number of amides is 2. The predicted molar refractivity (Wildman–Crippen MR) is 94.8 cm³/mol. The zero-order valence-electron chi connectivity index (χ0n) is 15.3. The van der Waals surface area contributed by atoms with E-state index in [1.807, 2.05) is 30.9 Å². The number of hydrogen-bond acceptors (Lipinski definition) is 5. The van der Waals surface area contributed by atoms with Crippen molar-refractivity contribution in [2.45, 2.75) is 51.7 Å². The smallest absolute Gasteiger partial charge is 0.250 e. The minimum absolute atomic E-state index is 0.00405. The summed E-state index contributed by atoms with van der Waals surface area (Å²) in [6, 6.07) is 3.91. The summed E-state index contributed by atoms with van der Waals surface area (Å²) < 4.78 is 1.60. The van der Waals surface area contributed by atoms with E-state index in [-0.39, 0.29) is 17.9 Å². The van der Waals surface area contributed by atoms with Crippen molar-refractivity contribution >= 4 is 11.8 Å². The molecule has 3 rings (SSSR count).